The fourth-order valence-electron chi connectivity index (χ4n) is 3.17. The second-order valence-corrected chi connectivity index (χ2v) is 5.08. The van der Waals surface area contributed by atoms with E-state index >= 15 is 0 Å². The molecule has 0 aromatic rings. The number of fused-ring (bicyclic) bond motifs is 1. The van der Waals surface area contributed by atoms with Gasteiger partial charge in [0.05, 0.1) is 6.10 Å². The molecule has 2 nitrogen and oxygen atoms in total. The number of hydrogen-bond donors (Lipinski definition) is 1. The molecule has 0 spiro atoms. The van der Waals surface area contributed by atoms with Crippen molar-refractivity contribution in [1.29, 1.82) is 0 Å². The van der Waals surface area contributed by atoms with Gasteiger partial charge < -0.3 is 5.11 Å². The van der Waals surface area contributed by atoms with E-state index in [1.165, 1.54) is 0 Å². The number of aliphatic hydroxyl groups is 1. The molecule has 1 unspecified atom stereocenters. The van der Waals surface area contributed by atoms with Crippen LogP contribution >= 0.6 is 0 Å². The lowest BCUT2D eigenvalue weighted by Crippen LogP contribution is -2.48. The normalized spacial score (nSPS) is 50.7. The minimum absolute atomic E-state index is 0.137. The van der Waals surface area contributed by atoms with Gasteiger partial charge >= 0.3 is 0 Å². The Balaban J connectivity index is 2.40. The fraction of sp³-hybridized carbons (Fsp3) is 0.909. The first-order valence-corrected chi connectivity index (χ1v) is 5.22. The third-order valence-electron chi connectivity index (χ3n) is 4.64. The number of aliphatic hydroxyl groups excluding tert-OH is 1. The first kappa shape index (κ1) is 9.20. The summed E-state index contributed by atoms with van der Waals surface area (Å²) in [4.78, 5) is 11.8. The van der Waals surface area contributed by atoms with Crippen LogP contribution in [-0.2, 0) is 4.79 Å². The molecule has 0 amide bonds. The molecule has 0 bridgehead atoms. The molecule has 0 heterocycles. The van der Waals surface area contributed by atoms with Crippen molar-refractivity contribution in [3.63, 3.8) is 0 Å². The molecule has 0 aromatic heterocycles. The number of hydrogen-bond acceptors (Lipinski definition) is 2. The summed E-state index contributed by atoms with van der Waals surface area (Å²) in [5.41, 5.74) is -0.368. The van der Waals surface area contributed by atoms with E-state index < -0.39 is 0 Å². The van der Waals surface area contributed by atoms with Crippen LogP contribution in [0.2, 0.25) is 0 Å². The number of carbonyl (C=O) groups excluding carboxylic acids is 1. The lowest BCUT2D eigenvalue weighted by Gasteiger charge is -2.47. The highest BCUT2D eigenvalue weighted by Gasteiger charge is 2.58. The number of Topliss-reactive ketones (excluding diaryl/α,β-unsaturated/α-hetero) is 1. The van der Waals surface area contributed by atoms with E-state index in [1.807, 2.05) is 6.92 Å². The highest BCUT2D eigenvalue weighted by atomic mass is 16.3. The van der Waals surface area contributed by atoms with Gasteiger partial charge in [-0.2, -0.15) is 0 Å². The van der Waals surface area contributed by atoms with Crippen LogP contribution in [0.3, 0.4) is 0 Å². The third-order valence-corrected chi connectivity index (χ3v) is 4.64. The molecule has 2 heteroatoms. The molecule has 0 aromatic carbocycles. The first-order chi connectivity index (χ1) is 6.01. The second-order valence-electron chi connectivity index (χ2n) is 5.08. The Kier molecular flexibility index (Phi) is 1.82. The zero-order chi connectivity index (χ0) is 9.69. The monoisotopic (exact) mass is 182 g/mol. The van der Waals surface area contributed by atoms with E-state index in [-0.39, 0.29) is 16.9 Å². The molecule has 2 aliphatic carbocycles. The molecule has 2 rings (SSSR count). The Morgan fingerprint density at radius 1 is 1.38 bits per heavy atom. The van der Waals surface area contributed by atoms with Crippen LogP contribution in [0.15, 0.2) is 0 Å². The molecule has 2 saturated carbocycles. The minimum Gasteiger partial charge on any atom is -0.393 e. The summed E-state index contributed by atoms with van der Waals surface area (Å²) in [7, 11) is 0. The lowest BCUT2D eigenvalue weighted by molar-refractivity contribution is -0.138. The van der Waals surface area contributed by atoms with Crippen molar-refractivity contribution < 1.29 is 9.90 Å². The summed E-state index contributed by atoms with van der Waals surface area (Å²) < 4.78 is 0. The summed E-state index contributed by atoms with van der Waals surface area (Å²) in [6.45, 7) is 4.13. The van der Waals surface area contributed by atoms with Crippen LogP contribution < -0.4 is 0 Å². The maximum atomic E-state index is 11.8. The van der Waals surface area contributed by atoms with E-state index in [1.54, 1.807) is 0 Å². The van der Waals surface area contributed by atoms with Crippen molar-refractivity contribution in [3.8, 4) is 0 Å². The predicted molar refractivity (Wildman–Crippen MR) is 50.3 cm³/mol. The van der Waals surface area contributed by atoms with Crippen LogP contribution in [0.1, 0.15) is 46.0 Å². The van der Waals surface area contributed by atoms with Gasteiger partial charge in [-0.05, 0) is 25.7 Å². The number of carbonyl (C=O) groups is 1. The molecule has 2 aliphatic rings. The molecular weight excluding hydrogens is 164 g/mol. The van der Waals surface area contributed by atoms with Crippen LogP contribution in [0.4, 0.5) is 0 Å². The van der Waals surface area contributed by atoms with Gasteiger partial charge in [0.1, 0.15) is 5.78 Å². The molecular formula is C11H18O2. The Morgan fingerprint density at radius 2 is 2.08 bits per heavy atom. The summed E-state index contributed by atoms with van der Waals surface area (Å²) in [6, 6.07) is 0. The van der Waals surface area contributed by atoms with Crippen LogP contribution in [0.25, 0.3) is 0 Å². The average molecular weight is 182 g/mol. The van der Waals surface area contributed by atoms with Crippen molar-refractivity contribution in [2.24, 2.45) is 10.8 Å². The fourth-order valence-corrected chi connectivity index (χ4v) is 3.17. The van der Waals surface area contributed by atoms with Gasteiger partial charge in [0.25, 0.3) is 0 Å². The quantitative estimate of drug-likeness (QED) is 0.621. The van der Waals surface area contributed by atoms with Crippen molar-refractivity contribution in [2.45, 2.75) is 52.1 Å². The van der Waals surface area contributed by atoms with Gasteiger partial charge in [0, 0.05) is 17.3 Å². The molecule has 74 valence electrons. The Labute approximate surface area is 79.3 Å². The van der Waals surface area contributed by atoms with E-state index in [0.717, 1.165) is 25.7 Å². The topological polar surface area (TPSA) is 37.3 Å². The largest absolute Gasteiger partial charge is 0.393 e. The highest BCUT2D eigenvalue weighted by Crippen LogP contribution is 2.58. The molecule has 3 atom stereocenters. The van der Waals surface area contributed by atoms with E-state index in [9.17, 15) is 9.90 Å². The van der Waals surface area contributed by atoms with Crippen LogP contribution in [0.5, 0.6) is 0 Å². The molecule has 13 heavy (non-hydrogen) atoms. The molecule has 0 radical (unpaired) electrons. The first-order valence-electron chi connectivity index (χ1n) is 5.22. The van der Waals surface area contributed by atoms with Crippen molar-refractivity contribution in [3.05, 3.63) is 0 Å². The van der Waals surface area contributed by atoms with Gasteiger partial charge in [-0.3, -0.25) is 4.79 Å². The van der Waals surface area contributed by atoms with Gasteiger partial charge in [-0.15, -0.1) is 0 Å². The predicted octanol–water partition coefficient (Wildman–Crippen LogP) is 1.91. The third kappa shape index (κ3) is 0.954. The minimum atomic E-state index is -0.266. The standard InChI is InChI=1S/C11H18O2/c1-10-6-3-4-8(12)11(10,2)7-5-9(10)13/h8,12H,3-7H2,1-2H3/t8?,10-,11+/m1/s1. The summed E-state index contributed by atoms with van der Waals surface area (Å²) >= 11 is 0. The highest BCUT2D eigenvalue weighted by molar-refractivity contribution is 5.88. The number of rotatable bonds is 0. The maximum Gasteiger partial charge on any atom is 0.139 e. The second kappa shape index (κ2) is 2.57. The summed E-state index contributed by atoms with van der Waals surface area (Å²) in [6.07, 6.45) is 4.13. The van der Waals surface area contributed by atoms with E-state index in [4.69, 9.17) is 0 Å². The zero-order valence-corrected chi connectivity index (χ0v) is 8.47. The Morgan fingerprint density at radius 3 is 2.69 bits per heavy atom. The lowest BCUT2D eigenvalue weighted by atomic mass is 9.58. The Bertz CT molecular complexity index is 248. The van der Waals surface area contributed by atoms with E-state index in [2.05, 4.69) is 6.92 Å². The van der Waals surface area contributed by atoms with Crippen LogP contribution in [-0.4, -0.2) is 17.0 Å². The van der Waals surface area contributed by atoms with Gasteiger partial charge in [0.2, 0.25) is 0 Å². The van der Waals surface area contributed by atoms with Gasteiger partial charge in [-0.25, -0.2) is 0 Å². The molecule has 0 aliphatic heterocycles. The molecule has 2 fully saturated rings. The van der Waals surface area contributed by atoms with Crippen molar-refractivity contribution >= 4 is 5.78 Å². The van der Waals surface area contributed by atoms with Crippen LogP contribution in [0, 0.1) is 10.8 Å². The van der Waals surface area contributed by atoms with Crippen molar-refractivity contribution in [2.75, 3.05) is 0 Å². The molecule has 1 N–H and O–H groups in total. The Hall–Kier alpha value is -0.370. The zero-order valence-electron chi connectivity index (χ0n) is 8.47. The summed E-state index contributed by atoms with van der Waals surface area (Å²) in [5, 5.41) is 9.97. The number of ketones is 1. The van der Waals surface area contributed by atoms with Gasteiger partial charge in [0.15, 0.2) is 0 Å². The van der Waals surface area contributed by atoms with Gasteiger partial charge in [-0.1, -0.05) is 13.8 Å². The average Bonchev–Trinajstić information content (AvgIpc) is 2.31. The SMILES string of the molecule is C[C@@]12CCC(=O)[C@@]1(C)CCCC2O. The maximum absolute atomic E-state index is 11.8. The smallest absolute Gasteiger partial charge is 0.139 e. The van der Waals surface area contributed by atoms with E-state index in [0.29, 0.717) is 12.2 Å². The molecule has 0 saturated heterocycles. The van der Waals surface area contributed by atoms with Crippen molar-refractivity contribution in [1.82, 2.24) is 0 Å². The summed E-state index contributed by atoms with van der Waals surface area (Å²) in [5.74, 6) is 0.369.